The summed E-state index contributed by atoms with van der Waals surface area (Å²) >= 11 is 0. The van der Waals surface area contributed by atoms with Gasteiger partial charge in [0.15, 0.2) is 0 Å². The summed E-state index contributed by atoms with van der Waals surface area (Å²) in [5.74, 6) is -1.34. The van der Waals surface area contributed by atoms with Crippen molar-refractivity contribution in [1.29, 1.82) is 0 Å². The van der Waals surface area contributed by atoms with Gasteiger partial charge in [-0.05, 0) is 49.9 Å². The predicted molar refractivity (Wildman–Crippen MR) is 84.0 cm³/mol. The van der Waals surface area contributed by atoms with E-state index >= 15 is 0 Å². The first kappa shape index (κ1) is 15.8. The smallest absolute Gasteiger partial charge is 0.329 e. The first-order chi connectivity index (χ1) is 10.8. The van der Waals surface area contributed by atoms with Crippen LogP contribution in [0, 0.1) is 6.92 Å². The van der Waals surface area contributed by atoms with Gasteiger partial charge < -0.3 is 10.4 Å². The van der Waals surface area contributed by atoms with E-state index in [0.29, 0.717) is 42.6 Å². The Bertz CT molecular complexity index is 783. The van der Waals surface area contributed by atoms with Crippen LogP contribution in [0.25, 0.3) is 0 Å². The van der Waals surface area contributed by atoms with E-state index in [2.05, 4.69) is 5.32 Å². The highest BCUT2D eigenvalue weighted by Gasteiger charge is 2.51. The number of sulfonamides is 1. The standard InChI is InChI=1S/C15H18N2O5S/c1-10-9-11(17-7-2-8-23(17,21)22)3-4-12(10)13(18)16-15(5-6-15)14(19)20/h3-4,9H,2,5-8H2,1H3,(H,16,18)(H,19,20). The number of carbonyl (C=O) groups is 2. The summed E-state index contributed by atoms with van der Waals surface area (Å²) in [6.45, 7) is 2.15. The molecule has 23 heavy (non-hydrogen) atoms. The molecule has 0 radical (unpaired) electrons. The Kier molecular flexibility index (Phi) is 3.59. The molecular weight excluding hydrogens is 320 g/mol. The Morgan fingerprint density at radius 3 is 2.48 bits per heavy atom. The number of nitrogens with one attached hydrogen (secondary N) is 1. The van der Waals surface area contributed by atoms with E-state index in [4.69, 9.17) is 5.11 Å². The number of nitrogens with zero attached hydrogens (tertiary/aromatic N) is 1. The molecule has 0 bridgehead atoms. The van der Waals surface area contributed by atoms with Crippen molar-refractivity contribution < 1.29 is 23.1 Å². The molecule has 1 aliphatic heterocycles. The van der Waals surface area contributed by atoms with Crippen LogP contribution in [0.2, 0.25) is 0 Å². The molecule has 2 N–H and O–H groups in total. The lowest BCUT2D eigenvalue weighted by atomic mass is 10.1. The van der Waals surface area contributed by atoms with Crippen molar-refractivity contribution in [3.63, 3.8) is 0 Å². The van der Waals surface area contributed by atoms with Crippen LogP contribution in [0.3, 0.4) is 0 Å². The van der Waals surface area contributed by atoms with E-state index in [1.165, 1.54) is 4.31 Å². The molecule has 0 aromatic heterocycles. The molecule has 7 nitrogen and oxygen atoms in total. The fraction of sp³-hybridized carbons (Fsp3) is 0.467. The minimum Gasteiger partial charge on any atom is -0.480 e. The Balaban J connectivity index is 1.83. The summed E-state index contributed by atoms with van der Waals surface area (Å²) in [5.41, 5.74) is 0.373. The van der Waals surface area contributed by atoms with Crippen molar-refractivity contribution in [3.05, 3.63) is 29.3 Å². The molecule has 0 spiro atoms. The van der Waals surface area contributed by atoms with Gasteiger partial charge in [-0.2, -0.15) is 0 Å². The Morgan fingerprint density at radius 1 is 1.30 bits per heavy atom. The highest BCUT2D eigenvalue weighted by atomic mass is 32.2. The Labute approximate surface area is 134 Å². The number of hydrogen-bond acceptors (Lipinski definition) is 4. The second-order valence-electron chi connectivity index (χ2n) is 6.08. The first-order valence-corrected chi connectivity index (χ1v) is 9.03. The van der Waals surface area contributed by atoms with Gasteiger partial charge in [0.1, 0.15) is 5.54 Å². The van der Waals surface area contributed by atoms with Crippen molar-refractivity contribution in [3.8, 4) is 0 Å². The van der Waals surface area contributed by atoms with Crippen molar-refractivity contribution in [2.75, 3.05) is 16.6 Å². The minimum atomic E-state index is -3.26. The molecule has 2 aliphatic rings. The van der Waals surface area contributed by atoms with Crippen molar-refractivity contribution in [2.45, 2.75) is 31.7 Å². The highest BCUT2D eigenvalue weighted by Crippen LogP contribution is 2.36. The third-order valence-electron chi connectivity index (χ3n) is 4.35. The van der Waals surface area contributed by atoms with Gasteiger partial charge in [-0.3, -0.25) is 9.10 Å². The molecule has 0 unspecified atom stereocenters. The zero-order valence-electron chi connectivity index (χ0n) is 12.7. The van der Waals surface area contributed by atoms with Crippen LogP contribution in [-0.2, 0) is 14.8 Å². The maximum absolute atomic E-state index is 12.3. The zero-order valence-corrected chi connectivity index (χ0v) is 13.5. The number of aryl methyl sites for hydroxylation is 1. The van der Waals surface area contributed by atoms with Crippen molar-refractivity contribution in [2.24, 2.45) is 0 Å². The molecule has 1 heterocycles. The van der Waals surface area contributed by atoms with Gasteiger partial charge in [-0.25, -0.2) is 13.2 Å². The number of carbonyl (C=O) groups excluding carboxylic acids is 1. The fourth-order valence-corrected chi connectivity index (χ4v) is 4.35. The number of carboxylic acid groups (broad SMARTS) is 1. The van der Waals surface area contributed by atoms with E-state index < -0.39 is 27.4 Å². The highest BCUT2D eigenvalue weighted by molar-refractivity contribution is 7.93. The lowest BCUT2D eigenvalue weighted by Gasteiger charge is -2.19. The van der Waals surface area contributed by atoms with Crippen LogP contribution in [0.1, 0.15) is 35.2 Å². The molecule has 1 saturated carbocycles. The van der Waals surface area contributed by atoms with Crippen LogP contribution in [0.5, 0.6) is 0 Å². The second kappa shape index (κ2) is 5.23. The molecular formula is C15H18N2O5S. The summed E-state index contributed by atoms with van der Waals surface area (Å²) in [4.78, 5) is 23.4. The molecule has 0 atom stereocenters. The third-order valence-corrected chi connectivity index (χ3v) is 6.22. The molecule has 1 saturated heterocycles. The summed E-state index contributed by atoms with van der Waals surface area (Å²) in [6.07, 6.45) is 1.44. The average Bonchev–Trinajstić information content (AvgIpc) is 3.15. The topological polar surface area (TPSA) is 104 Å². The fourth-order valence-electron chi connectivity index (χ4n) is 2.79. The van der Waals surface area contributed by atoms with Gasteiger partial charge in [0.25, 0.3) is 5.91 Å². The lowest BCUT2D eigenvalue weighted by Crippen LogP contribution is -2.43. The molecule has 3 rings (SSSR count). The molecule has 1 aromatic rings. The number of aliphatic carboxylic acids is 1. The van der Waals surface area contributed by atoms with Crippen LogP contribution in [0.4, 0.5) is 5.69 Å². The van der Waals surface area contributed by atoms with E-state index in [-0.39, 0.29) is 5.75 Å². The number of carboxylic acids is 1. The van der Waals surface area contributed by atoms with Gasteiger partial charge >= 0.3 is 5.97 Å². The maximum Gasteiger partial charge on any atom is 0.329 e. The predicted octanol–water partition coefficient (Wildman–Crippen LogP) is 0.882. The minimum absolute atomic E-state index is 0.134. The second-order valence-corrected chi connectivity index (χ2v) is 8.10. The number of hydrogen-bond donors (Lipinski definition) is 2. The van der Waals surface area contributed by atoms with E-state index in [1.807, 2.05) is 0 Å². The number of amides is 1. The number of rotatable bonds is 4. The van der Waals surface area contributed by atoms with Gasteiger partial charge in [0.05, 0.1) is 11.4 Å². The third kappa shape index (κ3) is 2.78. The molecule has 1 aromatic carbocycles. The summed E-state index contributed by atoms with van der Waals surface area (Å²) in [7, 11) is -3.26. The molecule has 1 amide bonds. The largest absolute Gasteiger partial charge is 0.480 e. The first-order valence-electron chi connectivity index (χ1n) is 7.42. The van der Waals surface area contributed by atoms with Gasteiger partial charge in [0, 0.05) is 12.1 Å². The van der Waals surface area contributed by atoms with Crippen LogP contribution >= 0.6 is 0 Å². The van der Waals surface area contributed by atoms with Gasteiger partial charge in [-0.15, -0.1) is 0 Å². The van der Waals surface area contributed by atoms with Crippen molar-refractivity contribution in [1.82, 2.24) is 5.32 Å². The van der Waals surface area contributed by atoms with Gasteiger partial charge in [-0.1, -0.05) is 0 Å². The molecule has 8 heteroatoms. The monoisotopic (exact) mass is 338 g/mol. The molecule has 2 fully saturated rings. The molecule has 124 valence electrons. The van der Waals surface area contributed by atoms with Gasteiger partial charge in [0.2, 0.25) is 10.0 Å². The lowest BCUT2D eigenvalue weighted by molar-refractivity contribution is -0.140. The van der Waals surface area contributed by atoms with Crippen LogP contribution in [-0.4, -0.2) is 43.2 Å². The summed E-state index contributed by atoms with van der Waals surface area (Å²) in [5, 5.41) is 11.7. The Hall–Kier alpha value is -2.09. The van der Waals surface area contributed by atoms with Crippen molar-refractivity contribution >= 4 is 27.6 Å². The van der Waals surface area contributed by atoms with E-state index in [1.54, 1.807) is 25.1 Å². The van der Waals surface area contributed by atoms with E-state index in [9.17, 15) is 18.0 Å². The van der Waals surface area contributed by atoms with E-state index in [0.717, 1.165) is 0 Å². The summed E-state index contributed by atoms with van der Waals surface area (Å²) < 4.78 is 25.2. The number of benzene rings is 1. The SMILES string of the molecule is Cc1cc(N2CCCS2(=O)=O)ccc1C(=O)NC1(C(=O)O)CC1. The maximum atomic E-state index is 12.3. The average molecular weight is 338 g/mol. The normalized spacial score (nSPS) is 21.0. The quantitative estimate of drug-likeness (QED) is 0.848. The zero-order chi connectivity index (χ0) is 16.8. The van der Waals surface area contributed by atoms with Crippen LogP contribution in [0.15, 0.2) is 18.2 Å². The molecule has 1 aliphatic carbocycles. The number of anilines is 1. The summed E-state index contributed by atoms with van der Waals surface area (Å²) in [6, 6.07) is 4.79. The Morgan fingerprint density at radius 2 is 2.00 bits per heavy atom. The van der Waals surface area contributed by atoms with Crippen LogP contribution < -0.4 is 9.62 Å².